The number of carbonyl (C=O) groups is 6. The highest BCUT2D eigenvalue weighted by molar-refractivity contribution is 5.87. The van der Waals surface area contributed by atoms with Gasteiger partial charge in [-0.1, -0.05) is 26.0 Å². The lowest BCUT2D eigenvalue weighted by Gasteiger charge is -2.39. The number of carboxylic acids is 4. The highest BCUT2D eigenvalue weighted by Gasteiger charge is 2.51. The van der Waals surface area contributed by atoms with E-state index in [0.29, 0.717) is 19.3 Å². The van der Waals surface area contributed by atoms with Crippen LogP contribution in [-0.2, 0) is 38.2 Å². The van der Waals surface area contributed by atoms with Crippen LogP contribution in [0.15, 0.2) is 24.8 Å². The SMILES string of the molecule is C=C(C)C(=O)OCCC(CC(=O)O)C(=O)O.C=CC(=O)OC(C)CC1(C(=O)O)CCCCC1C(=O)O. The molecule has 0 aromatic heterocycles. The third-order valence-electron chi connectivity index (χ3n) is 5.71. The van der Waals surface area contributed by atoms with Gasteiger partial charge >= 0.3 is 35.8 Å². The maximum atomic E-state index is 11.7. The van der Waals surface area contributed by atoms with Crippen LogP contribution in [0.5, 0.6) is 0 Å². The topological polar surface area (TPSA) is 202 Å². The fourth-order valence-corrected chi connectivity index (χ4v) is 3.93. The molecule has 1 saturated carbocycles. The maximum Gasteiger partial charge on any atom is 0.333 e. The van der Waals surface area contributed by atoms with Crippen LogP contribution in [-0.4, -0.2) is 69.0 Å². The van der Waals surface area contributed by atoms with Crippen LogP contribution in [0.3, 0.4) is 0 Å². The lowest BCUT2D eigenvalue weighted by molar-refractivity contribution is -0.170. The quantitative estimate of drug-likeness (QED) is 0.207. The molecule has 4 atom stereocenters. The summed E-state index contributed by atoms with van der Waals surface area (Å²) in [6, 6.07) is 0. The Kier molecular flexibility index (Phi) is 13.8. The number of carbonyl (C=O) groups excluding carboxylic acids is 2. The summed E-state index contributed by atoms with van der Waals surface area (Å²) in [6.07, 6.45) is 1.81. The van der Waals surface area contributed by atoms with Crippen LogP contribution in [0.2, 0.25) is 0 Å². The average molecular weight is 515 g/mol. The second kappa shape index (κ2) is 15.3. The molecule has 1 fully saturated rings. The molecular formula is C24H34O12. The molecule has 0 amide bonds. The number of ether oxygens (including phenoxy) is 2. The summed E-state index contributed by atoms with van der Waals surface area (Å²) in [6.45, 7) is 9.53. The summed E-state index contributed by atoms with van der Waals surface area (Å²) in [5.74, 6) is -7.89. The molecule has 4 N–H and O–H groups in total. The number of hydrogen-bond acceptors (Lipinski definition) is 8. The van der Waals surface area contributed by atoms with E-state index in [1.54, 1.807) is 6.92 Å². The Morgan fingerprint density at radius 1 is 1.08 bits per heavy atom. The first-order chi connectivity index (χ1) is 16.7. The predicted octanol–water partition coefficient (Wildman–Crippen LogP) is 2.51. The largest absolute Gasteiger partial charge is 0.481 e. The standard InChI is InChI=1S/C14H20O6.C10H14O6/c1-3-11(15)20-9(2)8-14(13(18)19)7-5-4-6-10(14)12(16)17;1-6(2)10(15)16-4-3-7(9(13)14)5-8(11)12/h3,9-10H,1,4-8H2,2H3,(H,16,17)(H,18,19);7H,1,3-5H2,2H3,(H,11,12)(H,13,14). The average Bonchev–Trinajstić information content (AvgIpc) is 2.78. The summed E-state index contributed by atoms with van der Waals surface area (Å²) in [5, 5.41) is 35.9. The minimum Gasteiger partial charge on any atom is -0.481 e. The molecule has 4 unspecified atom stereocenters. The first-order valence-electron chi connectivity index (χ1n) is 11.2. The molecular weight excluding hydrogens is 480 g/mol. The van der Waals surface area contributed by atoms with E-state index < -0.39 is 65.6 Å². The van der Waals surface area contributed by atoms with Crippen LogP contribution >= 0.6 is 0 Å². The van der Waals surface area contributed by atoms with Crippen LogP contribution in [0.1, 0.15) is 58.8 Å². The smallest absolute Gasteiger partial charge is 0.333 e. The molecule has 36 heavy (non-hydrogen) atoms. The van der Waals surface area contributed by atoms with Gasteiger partial charge in [0, 0.05) is 18.1 Å². The van der Waals surface area contributed by atoms with Crippen molar-refractivity contribution in [1.82, 2.24) is 0 Å². The molecule has 1 rings (SSSR count). The van der Waals surface area contributed by atoms with Crippen molar-refractivity contribution in [2.24, 2.45) is 17.3 Å². The fraction of sp³-hybridized carbons (Fsp3) is 0.583. The predicted molar refractivity (Wildman–Crippen MR) is 124 cm³/mol. The van der Waals surface area contributed by atoms with E-state index in [4.69, 9.17) is 14.9 Å². The molecule has 12 nitrogen and oxygen atoms in total. The van der Waals surface area contributed by atoms with E-state index in [2.05, 4.69) is 17.9 Å². The van der Waals surface area contributed by atoms with E-state index in [0.717, 1.165) is 6.08 Å². The van der Waals surface area contributed by atoms with Crippen LogP contribution in [0, 0.1) is 17.3 Å². The molecule has 12 heteroatoms. The van der Waals surface area contributed by atoms with Crippen molar-refractivity contribution in [3.63, 3.8) is 0 Å². The van der Waals surface area contributed by atoms with Gasteiger partial charge in [-0.25, -0.2) is 9.59 Å². The minimum atomic E-state index is -1.37. The lowest BCUT2D eigenvalue weighted by atomic mass is 9.63. The zero-order chi connectivity index (χ0) is 28.1. The van der Waals surface area contributed by atoms with Gasteiger partial charge in [0.05, 0.1) is 30.3 Å². The second-order valence-corrected chi connectivity index (χ2v) is 8.59. The van der Waals surface area contributed by atoms with Crippen LogP contribution < -0.4 is 0 Å². The first kappa shape index (κ1) is 32.3. The van der Waals surface area contributed by atoms with E-state index in [9.17, 15) is 39.0 Å². The van der Waals surface area contributed by atoms with Crippen molar-refractivity contribution in [2.75, 3.05) is 6.61 Å². The van der Waals surface area contributed by atoms with Gasteiger partial charge in [0.25, 0.3) is 0 Å². The molecule has 1 aliphatic rings. The molecule has 0 aliphatic heterocycles. The Labute approximate surface area is 208 Å². The van der Waals surface area contributed by atoms with Gasteiger partial charge in [-0.05, 0) is 33.1 Å². The molecule has 0 bridgehead atoms. The number of esters is 2. The minimum absolute atomic E-state index is 0.00111. The number of hydrogen-bond donors (Lipinski definition) is 4. The van der Waals surface area contributed by atoms with Gasteiger partial charge in [0.2, 0.25) is 0 Å². The van der Waals surface area contributed by atoms with Gasteiger partial charge in [-0.3, -0.25) is 19.2 Å². The highest BCUT2D eigenvalue weighted by atomic mass is 16.5. The third-order valence-corrected chi connectivity index (χ3v) is 5.71. The monoisotopic (exact) mass is 514 g/mol. The zero-order valence-corrected chi connectivity index (χ0v) is 20.4. The van der Waals surface area contributed by atoms with Gasteiger partial charge in [0.15, 0.2) is 0 Å². The van der Waals surface area contributed by atoms with Crippen molar-refractivity contribution in [3.8, 4) is 0 Å². The Bertz CT molecular complexity index is 861. The molecule has 0 spiro atoms. The Hall–Kier alpha value is -3.70. The van der Waals surface area contributed by atoms with E-state index >= 15 is 0 Å². The maximum absolute atomic E-state index is 11.7. The normalized spacial score (nSPS) is 20.3. The zero-order valence-electron chi connectivity index (χ0n) is 20.4. The van der Waals surface area contributed by atoms with E-state index in [1.165, 1.54) is 6.92 Å². The lowest BCUT2D eigenvalue weighted by Crippen LogP contribution is -2.47. The second-order valence-electron chi connectivity index (χ2n) is 8.59. The van der Waals surface area contributed by atoms with Crippen molar-refractivity contribution < 1.29 is 58.7 Å². The summed E-state index contributed by atoms with van der Waals surface area (Å²) in [5.41, 5.74) is -1.16. The summed E-state index contributed by atoms with van der Waals surface area (Å²) >= 11 is 0. The Morgan fingerprint density at radius 2 is 1.69 bits per heavy atom. The van der Waals surface area contributed by atoms with Crippen molar-refractivity contribution >= 4 is 35.8 Å². The van der Waals surface area contributed by atoms with Crippen molar-refractivity contribution in [3.05, 3.63) is 24.8 Å². The molecule has 0 radical (unpaired) electrons. The van der Waals surface area contributed by atoms with Crippen LogP contribution in [0.25, 0.3) is 0 Å². The number of aliphatic carboxylic acids is 4. The van der Waals surface area contributed by atoms with Gasteiger partial charge in [0.1, 0.15) is 6.10 Å². The fourth-order valence-electron chi connectivity index (χ4n) is 3.93. The van der Waals surface area contributed by atoms with Gasteiger partial charge in [-0.15, -0.1) is 0 Å². The third kappa shape index (κ3) is 10.7. The molecule has 0 aromatic rings. The van der Waals surface area contributed by atoms with Crippen molar-refractivity contribution in [2.45, 2.75) is 64.9 Å². The molecule has 0 aromatic carbocycles. The number of rotatable bonds is 13. The highest BCUT2D eigenvalue weighted by Crippen LogP contribution is 2.45. The Morgan fingerprint density at radius 3 is 2.14 bits per heavy atom. The van der Waals surface area contributed by atoms with E-state index in [1.807, 2.05) is 0 Å². The summed E-state index contributed by atoms with van der Waals surface area (Å²) < 4.78 is 9.66. The van der Waals surface area contributed by atoms with Gasteiger partial charge < -0.3 is 29.9 Å². The summed E-state index contributed by atoms with van der Waals surface area (Å²) in [7, 11) is 0. The molecule has 0 saturated heterocycles. The van der Waals surface area contributed by atoms with Crippen LogP contribution in [0.4, 0.5) is 0 Å². The van der Waals surface area contributed by atoms with Gasteiger partial charge in [-0.2, -0.15) is 0 Å². The van der Waals surface area contributed by atoms with Crippen molar-refractivity contribution in [1.29, 1.82) is 0 Å². The van der Waals surface area contributed by atoms with E-state index in [-0.39, 0.29) is 31.4 Å². The molecule has 202 valence electrons. The number of carboxylic acid groups (broad SMARTS) is 4. The summed E-state index contributed by atoms with van der Waals surface area (Å²) in [4.78, 5) is 66.0. The Balaban J connectivity index is 0.000000700. The molecule has 0 heterocycles. The molecule has 1 aliphatic carbocycles. The first-order valence-corrected chi connectivity index (χ1v) is 11.2.